The normalized spacial score (nSPS) is 24.7. The molecule has 8 saturated heterocycles. The number of carbonyl (C=O) groups excluding carboxylic acids is 6. The number of piperazine rings is 3. The van der Waals surface area contributed by atoms with Gasteiger partial charge in [0.1, 0.15) is 18.5 Å². The van der Waals surface area contributed by atoms with E-state index in [0.717, 1.165) is 66.6 Å². The molecule has 12 heterocycles. The van der Waals surface area contributed by atoms with Gasteiger partial charge in [0.2, 0.25) is 0 Å². The number of aromatic nitrogens is 1. The van der Waals surface area contributed by atoms with Crippen LogP contribution < -0.4 is 12.9 Å². The minimum Gasteiger partial charge on any atom is -0.322 e. The zero-order valence-electron chi connectivity index (χ0n) is 76.8. The number of hydrogen-bond donors (Lipinski definition) is 2. The molecule has 10 aromatic rings. The Balaban J connectivity index is 0.000000132. The quantitative estimate of drug-likeness (QED) is 0.0760. The first-order valence-electron chi connectivity index (χ1n) is 43.4. The number of para-hydroxylation sites is 4. The molecule has 0 radical (unpaired) electrons. The summed E-state index contributed by atoms with van der Waals surface area (Å²) in [5, 5.41) is -1.62. The van der Waals surface area contributed by atoms with E-state index >= 15 is 0 Å². The second-order valence-corrected chi connectivity index (χ2v) is 89.5. The third-order valence-electron chi connectivity index (χ3n) is 26.9. The smallest absolute Gasteiger partial charge is 0.266 e. The largest absolute Gasteiger partial charge is 0.322 e. The van der Waals surface area contributed by atoms with Crippen molar-refractivity contribution < 1.29 is 54.0 Å². The molecule has 149 heavy (non-hydrogen) atoms. The van der Waals surface area contributed by atoms with Gasteiger partial charge < -0.3 is 14.7 Å². The van der Waals surface area contributed by atoms with E-state index in [9.17, 15) is 54.0 Å². The summed E-state index contributed by atoms with van der Waals surface area (Å²) in [5.74, 6) is -1.70. The van der Waals surface area contributed by atoms with Crippen LogP contribution >= 0.6 is 102 Å². The van der Waals surface area contributed by atoms with E-state index in [1.807, 2.05) is 196 Å². The van der Waals surface area contributed by atoms with Gasteiger partial charge >= 0.3 is 0 Å². The molecule has 23 rings (SSSR count). The average molecular weight is 2680 g/mol. The molecular formula is C90H82N10O12S37. The van der Waals surface area contributed by atoms with Gasteiger partial charge in [-0.15, -0.1) is 25.3 Å². The predicted molar refractivity (Wildman–Crippen MR) is 689 cm³/mol. The Morgan fingerprint density at radius 1 is 0.389 bits per heavy atom. The molecule has 9 aromatic carbocycles. The van der Waals surface area contributed by atoms with E-state index in [1.54, 1.807) is 268 Å². The van der Waals surface area contributed by atoms with Crippen LogP contribution in [0.2, 0.25) is 0 Å². The maximum absolute atomic E-state index is 14.9. The van der Waals surface area contributed by atoms with Crippen molar-refractivity contribution in [3.63, 3.8) is 0 Å². The van der Waals surface area contributed by atoms with Gasteiger partial charge in [-0.2, -0.15) is 0 Å². The summed E-state index contributed by atoms with van der Waals surface area (Å²) < 4.78 is 94.1. The molecular weight excluding hydrogens is 2600 g/mol. The van der Waals surface area contributed by atoms with Crippen molar-refractivity contribution in [2.45, 2.75) is 120 Å². The van der Waals surface area contributed by atoms with Crippen molar-refractivity contribution in [3.05, 3.63) is 299 Å². The molecule has 22 nitrogen and oxygen atoms in total. The van der Waals surface area contributed by atoms with Crippen molar-refractivity contribution in [2.75, 3.05) is 52.8 Å². The van der Waals surface area contributed by atoms with Gasteiger partial charge in [-0.05, 0) is 154 Å². The Labute approximate surface area is 978 Å². The first kappa shape index (κ1) is 115. The number of carbonyl (C=O) groups is 6. The van der Waals surface area contributed by atoms with Crippen LogP contribution in [0.4, 0.5) is 17.1 Å². The van der Waals surface area contributed by atoms with Crippen LogP contribution in [0.5, 0.6) is 0 Å². The number of rotatable bonds is 14. The van der Waals surface area contributed by atoms with Gasteiger partial charge in [0, 0.05) is 285 Å². The molecule has 8 fully saturated rings. The lowest BCUT2D eigenvalue weighted by Gasteiger charge is -2.53. The summed E-state index contributed by atoms with van der Waals surface area (Å²) in [6.07, 6.45) is 11.1. The van der Waals surface area contributed by atoms with Crippen LogP contribution in [-0.2, 0) is 315 Å². The zero-order valence-corrected chi connectivity index (χ0v) is 107. The van der Waals surface area contributed by atoms with E-state index < -0.39 is 101 Å². The fourth-order valence-electron chi connectivity index (χ4n) is 21.6. The van der Waals surface area contributed by atoms with E-state index in [-0.39, 0.29) is 64.5 Å². The highest BCUT2D eigenvalue weighted by Gasteiger charge is 2.80. The van der Waals surface area contributed by atoms with Crippen LogP contribution in [0.25, 0.3) is 22.0 Å². The standard InChI is InChI=1S/C31H30N4O4S6.C29H23N3O4S3.C29H25N3O4S3.CH4.S25/c1-32-27(43-41-3)26(36)34-28-30(19-31(34,29(32)37)44-42-4,23-18-33(40-2)24-16-10-8-14-21(23)24)22-15-9-11-17-25(22)35(28)45(38,39)20-12-6-5-7-13-20;1-30-25-24(33)31-26-28(17-29(31,27(30)34)38-37-25,21-16-15-18-9-5-6-12-20(18)21)22-13-7-8-14-23(22)32(26)39(35,36)19-10-3-2-4-11-19;1-30-25(37)24(33)31-26-28(17-29(31,38)27(30)34,21-16-15-18-9-5-6-12-20(18)21)22-13-7-8-14-23(22)32(26)39(35,36)19-10-3-2-4-11-19;;1-3-5-7-9-11-13-15-17-19-21-23-25-24-22-20-18-16-14-12-10-8-6-4-2/h5-18,27-28H,19H2,1-4H3;2-14,16,25-26H,15,17H2,1H3;2-14,16,25-26,37-38H,15,17H2,1H3;1H4;/t27-,28-,30+,31-;2*25-,26-,28-,29-;;/m000../s1. The maximum atomic E-state index is 14.9. The summed E-state index contributed by atoms with van der Waals surface area (Å²) in [5.41, 5.74) is 8.97. The van der Waals surface area contributed by atoms with Gasteiger partial charge in [-0.1, -0.05) is 260 Å². The second kappa shape index (κ2) is 48.7. The molecule has 1 spiro atoms. The number of likely N-dealkylation sites (N-methyl/N-ethyl adjacent to an activating group) is 3. The summed E-state index contributed by atoms with van der Waals surface area (Å²) in [4.78, 5) is 91.0. The van der Waals surface area contributed by atoms with Crippen LogP contribution in [0.1, 0.15) is 71.2 Å². The lowest BCUT2D eigenvalue weighted by atomic mass is 9.70. The number of fused-ring (bicyclic) bond motifs is 18. The highest BCUT2D eigenvalue weighted by Crippen LogP contribution is 2.73. The molecule has 13 aliphatic rings. The number of hydrogen-bond acceptors (Lipinski definition) is 23. The first-order valence-corrected chi connectivity index (χ1v) is 89.3. The number of amides is 6. The highest BCUT2D eigenvalue weighted by molar-refractivity contribution is 8.80. The van der Waals surface area contributed by atoms with Crippen molar-refractivity contribution in [3.8, 4) is 0 Å². The van der Waals surface area contributed by atoms with Crippen LogP contribution in [0.3, 0.4) is 0 Å². The summed E-state index contributed by atoms with van der Waals surface area (Å²) in [7, 11) is 40.6. The number of anilines is 3. The molecule has 2 aliphatic carbocycles. The fourth-order valence-corrected chi connectivity index (χ4v) is 93.5. The first-order chi connectivity index (χ1) is 71.6. The number of thiol groups is 2. The van der Waals surface area contributed by atoms with Crippen molar-refractivity contribution in [1.29, 1.82) is 0 Å². The molecule has 786 valence electrons. The number of nitrogens with zero attached hydrogens (tertiary/aromatic N) is 10. The topological polar surface area (TPSA) is 239 Å². The summed E-state index contributed by atoms with van der Waals surface area (Å²) >= 11 is 20.5. The van der Waals surface area contributed by atoms with Crippen LogP contribution in [0.15, 0.2) is 270 Å². The maximum Gasteiger partial charge on any atom is 0.266 e. The minimum absolute atomic E-state index is 0. The number of sulfonamides is 3. The molecule has 11 aliphatic heterocycles. The summed E-state index contributed by atoms with van der Waals surface area (Å²) in [6.45, 7) is 0. The molecule has 0 unspecified atom stereocenters. The lowest BCUT2D eigenvalue weighted by Crippen LogP contribution is -2.72. The minimum atomic E-state index is -4.21. The Bertz CT molecular complexity index is 8700. The number of benzene rings is 9. The molecule has 0 N–H and O–H groups in total. The SMILES string of the molecule is C.CN1C(=O)[C@@]2(S)C[C@]3(C4=CCc5ccccc54)c4ccccc4N(S(=O)(=O)c4ccccc4)[C@@H]3N2C(=O)[C@@H]1S.CN1C(=O)[C@@]23C[C@]4(C5=CCc6ccccc65)c5ccccc5N(S(=O)(=O)c5ccccc5)[C@@H]4N2C(=O)[C@@H]1SS3.CSS[C@H]1C(=O)N2[C@H]3N(S(=O)(=O)c4ccccc4)c4ccccc4[C@@]3(c3cn(SC)c4ccccc34)C[C@]2(SSC)C(=O)N1C.S=S=S=S=S=S=S=S=S=S=S=S=S=S=S=S=S=S=S=S=S=S=S=S=S. The molecule has 1 aromatic heterocycles. The third-order valence-corrected chi connectivity index (χ3v) is 90.5. The second-order valence-electron chi connectivity index (χ2n) is 33.6. The fraction of sp³-hybridized carbons (Fsp3) is 0.267. The van der Waals surface area contributed by atoms with E-state index in [1.165, 1.54) is 117 Å². The zero-order chi connectivity index (χ0) is 104. The highest BCUT2D eigenvalue weighted by atomic mass is 33.5. The van der Waals surface area contributed by atoms with Crippen LogP contribution in [-0.4, -0.2) is 183 Å². The molecule has 59 heteroatoms. The van der Waals surface area contributed by atoms with E-state index in [0.29, 0.717) is 36.3 Å². The van der Waals surface area contributed by atoms with E-state index in [2.05, 4.69) is 53.1 Å². The van der Waals surface area contributed by atoms with Crippen molar-refractivity contribution in [2.24, 2.45) is 0 Å². The van der Waals surface area contributed by atoms with Crippen molar-refractivity contribution in [1.82, 2.24) is 33.4 Å². The van der Waals surface area contributed by atoms with Crippen molar-refractivity contribution >= 4 is 433 Å². The molecule has 2 bridgehead atoms. The number of allylic oxidation sites excluding steroid dienone is 2. The average Bonchev–Trinajstić information content (AvgIpc) is 1.49. The Hall–Kier alpha value is -3.28. The van der Waals surface area contributed by atoms with Gasteiger partial charge in [0.15, 0.2) is 30.7 Å². The molecule has 6 amide bonds. The molecule has 12 atom stereocenters. The van der Waals surface area contributed by atoms with Crippen LogP contribution in [0, 0.1) is 0 Å². The van der Waals surface area contributed by atoms with E-state index in [4.69, 9.17) is 35.0 Å². The molecule has 0 saturated carbocycles. The Kier molecular flexibility index (Phi) is 37.7. The predicted octanol–water partition coefficient (Wildman–Crippen LogP) is 14.8. The lowest BCUT2D eigenvalue weighted by molar-refractivity contribution is -0.158. The Morgan fingerprint density at radius 2 is 0.779 bits per heavy atom. The summed E-state index contributed by atoms with van der Waals surface area (Å²) in [6, 6.07) is 71.6. The van der Waals surface area contributed by atoms with Gasteiger partial charge in [-0.25, -0.2) is 38.2 Å². The van der Waals surface area contributed by atoms with Gasteiger partial charge in [-0.3, -0.25) is 47.4 Å². The monoisotopic (exact) mass is 2680 g/mol. The van der Waals surface area contributed by atoms with Gasteiger partial charge in [0.05, 0.1) is 53.5 Å². The van der Waals surface area contributed by atoms with Gasteiger partial charge in [0.25, 0.3) is 65.5 Å². The third kappa shape index (κ3) is 20.2. The Morgan fingerprint density at radius 3 is 1.21 bits per heavy atom.